The summed E-state index contributed by atoms with van der Waals surface area (Å²) < 4.78 is 13.0. The van der Waals surface area contributed by atoms with Crippen LogP contribution in [0, 0.1) is 5.82 Å². The Morgan fingerprint density at radius 1 is 1.11 bits per heavy atom. The van der Waals surface area contributed by atoms with Gasteiger partial charge in [-0.25, -0.2) is 4.39 Å². The maximum absolute atomic E-state index is 13.0. The van der Waals surface area contributed by atoms with Gasteiger partial charge in [0.2, 0.25) is 0 Å². The van der Waals surface area contributed by atoms with Crippen molar-refractivity contribution < 1.29 is 9.18 Å². The number of carbonyl (C=O) groups excluding carboxylic acids is 1. The zero-order valence-corrected chi connectivity index (χ0v) is 10.4. The minimum Gasteiger partial charge on any atom is -0.348 e. The van der Waals surface area contributed by atoms with Gasteiger partial charge in [-0.1, -0.05) is 30.3 Å². The fourth-order valence-corrected chi connectivity index (χ4v) is 1.78. The molecule has 0 atom stereocenters. The molecule has 0 aliphatic heterocycles. The fourth-order valence-electron chi connectivity index (χ4n) is 1.78. The summed E-state index contributed by atoms with van der Waals surface area (Å²) in [5.74, 6) is -0.713. The zero-order valence-electron chi connectivity index (χ0n) is 10.4. The molecule has 2 rings (SSSR count). The van der Waals surface area contributed by atoms with Crippen LogP contribution >= 0.6 is 0 Å². The average Bonchev–Trinajstić information content (AvgIpc) is 2.45. The second kappa shape index (κ2) is 6.11. The van der Waals surface area contributed by atoms with Crippen LogP contribution in [0.25, 0.3) is 0 Å². The van der Waals surface area contributed by atoms with Crippen LogP contribution in [0.5, 0.6) is 0 Å². The molecule has 19 heavy (non-hydrogen) atoms. The molecule has 0 fully saturated rings. The van der Waals surface area contributed by atoms with Crippen molar-refractivity contribution in [2.75, 3.05) is 0 Å². The van der Waals surface area contributed by atoms with Gasteiger partial charge in [0.25, 0.3) is 5.91 Å². The van der Waals surface area contributed by atoms with Gasteiger partial charge in [-0.05, 0) is 29.3 Å². The van der Waals surface area contributed by atoms with Crippen molar-refractivity contribution in [3.05, 3.63) is 71.0 Å². The first-order valence-corrected chi connectivity index (χ1v) is 6.00. The van der Waals surface area contributed by atoms with E-state index in [9.17, 15) is 9.18 Å². The Hall–Kier alpha value is -2.20. The molecule has 3 N–H and O–H groups in total. The molecular formula is C15H15FN2O. The normalized spacial score (nSPS) is 10.2. The van der Waals surface area contributed by atoms with E-state index < -0.39 is 5.82 Å². The topological polar surface area (TPSA) is 55.1 Å². The first-order valence-electron chi connectivity index (χ1n) is 6.00. The van der Waals surface area contributed by atoms with Gasteiger partial charge in [0, 0.05) is 18.7 Å². The maximum atomic E-state index is 13.0. The molecule has 1 amide bonds. The predicted octanol–water partition coefficient (Wildman–Crippen LogP) is 2.21. The van der Waals surface area contributed by atoms with Crippen LogP contribution in [-0.2, 0) is 13.1 Å². The van der Waals surface area contributed by atoms with E-state index in [1.54, 1.807) is 6.07 Å². The Morgan fingerprint density at radius 2 is 1.84 bits per heavy atom. The summed E-state index contributed by atoms with van der Waals surface area (Å²) in [6, 6.07) is 13.3. The van der Waals surface area contributed by atoms with Crippen molar-refractivity contribution in [2.24, 2.45) is 5.73 Å². The number of hydrogen-bond acceptors (Lipinski definition) is 2. The minimum absolute atomic E-state index is 0.294. The van der Waals surface area contributed by atoms with Crippen molar-refractivity contribution in [1.29, 1.82) is 0 Å². The standard InChI is InChI=1S/C15H15FN2O/c16-14-6-2-5-13(8-14)15(19)18-10-12-4-1-3-11(7-12)9-17/h1-8H,9-10,17H2,(H,18,19). The smallest absolute Gasteiger partial charge is 0.251 e. The molecule has 0 saturated heterocycles. The summed E-state index contributed by atoms with van der Waals surface area (Å²) in [5, 5.41) is 2.75. The van der Waals surface area contributed by atoms with Crippen LogP contribution in [0.3, 0.4) is 0 Å². The molecule has 0 bridgehead atoms. The lowest BCUT2D eigenvalue weighted by atomic mass is 10.1. The van der Waals surface area contributed by atoms with Crippen LogP contribution in [0.15, 0.2) is 48.5 Å². The second-order valence-electron chi connectivity index (χ2n) is 4.22. The molecule has 0 heterocycles. The summed E-state index contributed by atoms with van der Waals surface area (Å²) in [4.78, 5) is 11.8. The van der Waals surface area contributed by atoms with Crippen molar-refractivity contribution in [2.45, 2.75) is 13.1 Å². The van der Waals surface area contributed by atoms with Crippen LogP contribution < -0.4 is 11.1 Å². The highest BCUT2D eigenvalue weighted by Crippen LogP contribution is 2.06. The van der Waals surface area contributed by atoms with E-state index in [0.29, 0.717) is 18.7 Å². The van der Waals surface area contributed by atoms with E-state index in [1.807, 2.05) is 24.3 Å². The molecule has 2 aromatic rings. The third-order valence-electron chi connectivity index (χ3n) is 2.77. The zero-order chi connectivity index (χ0) is 13.7. The van der Waals surface area contributed by atoms with E-state index in [0.717, 1.165) is 11.1 Å². The maximum Gasteiger partial charge on any atom is 0.251 e. The predicted molar refractivity (Wildman–Crippen MR) is 71.9 cm³/mol. The molecule has 4 heteroatoms. The van der Waals surface area contributed by atoms with Crippen molar-refractivity contribution in [3.8, 4) is 0 Å². The number of hydrogen-bond donors (Lipinski definition) is 2. The van der Waals surface area contributed by atoms with Crippen LogP contribution in [0.4, 0.5) is 4.39 Å². The van der Waals surface area contributed by atoms with E-state index in [-0.39, 0.29) is 5.91 Å². The van der Waals surface area contributed by atoms with Crippen LogP contribution in [-0.4, -0.2) is 5.91 Å². The molecule has 0 saturated carbocycles. The first-order chi connectivity index (χ1) is 9.19. The largest absolute Gasteiger partial charge is 0.348 e. The van der Waals surface area contributed by atoms with Gasteiger partial charge in [0.05, 0.1) is 0 Å². The van der Waals surface area contributed by atoms with Gasteiger partial charge in [-0.2, -0.15) is 0 Å². The number of amides is 1. The number of benzene rings is 2. The monoisotopic (exact) mass is 258 g/mol. The number of carbonyl (C=O) groups is 1. The number of nitrogens with two attached hydrogens (primary N) is 1. The van der Waals surface area contributed by atoms with Gasteiger partial charge in [0.15, 0.2) is 0 Å². The number of rotatable bonds is 4. The molecule has 0 aliphatic rings. The van der Waals surface area contributed by atoms with Crippen molar-refractivity contribution in [3.63, 3.8) is 0 Å². The lowest BCUT2D eigenvalue weighted by molar-refractivity contribution is 0.0950. The van der Waals surface area contributed by atoms with E-state index >= 15 is 0 Å². The second-order valence-corrected chi connectivity index (χ2v) is 4.22. The van der Waals surface area contributed by atoms with Crippen LogP contribution in [0.2, 0.25) is 0 Å². The highest BCUT2D eigenvalue weighted by molar-refractivity contribution is 5.94. The summed E-state index contributed by atoms with van der Waals surface area (Å²) in [7, 11) is 0. The molecule has 98 valence electrons. The van der Waals surface area contributed by atoms with Gasteiger partial charge < -0.3 is 11.1 Å². The highest BCUT2D eigenvalue weighted by Gasteiger charge is 2.06. The summed E-state index contributed by atoms with van der Waals surface area (Å²) >= 11 is 0. The molecule has 3 nitrogen and oxygen atoms in total. The van der Waals surface area contributed by atoms with Gasteiger partial charge in [0.1, 0.15) is 5.82 Å². The lowest BCUT2D eigenvalue weighted by Gasteiger charge is -2.07. The SMILES string of the molecule is NCc1cccc(CNC(=O)c2cccc(F)c2)c1. The summed E-state index contributed by atoms with van der Waals surface area (Å²) in [6.07, 6.45) is 0. The van der Waals surface area contributed by atoms with Crippen molar-refractivity contribution in [1.82, 2.24) is 5.32 Å². The number of halogens is 1. The Kier molecular flexibility index (Phi) is 4.26. The van der Waals surface area contributed by atoms with Gasteiger partial charge in [-0.15, -0.1) is 0 Å². The minimum atomic E-state index is -0.419. The quantitative estimate of drug-likeness (QED) is 0.883. The molecule has 0 radical (unpaired) electrons. The fraction of sp³-hybridized carbons (Fsp3) is 0.133. The third kappa shape index (κ3) is 3.63. The number of nitrogens with one attached hydrogen (secondary N) is 1. The third-order valence-corrected chi connectivity index (χ3v) is 2.77. The molecule has 0 spiro atoms. The molecule has 0 unspecified atom stereocenters. The molecular weight excluding hydrogens is 243 g/mol. The molecule has 2 aromatic carbocycles. The van der Waals surface area contributed by atoms with Gasteiger partial charge >= 0.3 is 0 Å². The highest BCUT2D eigenvalue weighted by atomic mass is 19.1. The summed E-state index contributed by atoms with van der Waals surface area (Å²) in [5.41, 5.74) is 7.85. The Morgan fingerprint density at radius 3 is 2.58 bits per heavy atom. The van der Waals surface area contributed by atoms with E-state index in [1.165, 1.54) is 18.2 Å². The van der Waals surface area contributed by atoms with Crippen molar-refractivity contribution >= 4 is 5.91 Å². The Balaban J connectivity index is 2.00. The van der Waals surface area contributed by atoms with E-state index in [4.69, 9.17) is 5.73 Å². The lowest BCUT2D eigenvalue weighted by Crippen LogP contribution is -2.22. The summed E-state index contributed by atoms with van der Waals surface area (Å²) in [6.45, 7) is 0.856. The molecule has 0 aromatic heterocycles. The molecule has 0 aliphatic carbocycles. The van der Waals surface area contributed by atoms with Gasteiger partial charge in [-0.3, -0.25) is 4.79 Å². The van der Waals surface area contributed by atoms with Crippen LogP contribution in [0.1, 0.15) is 21.5 Å². The Labute approximate surface area is 111 Å². The van der Waals surface area contributed by atoms with E-state index in [2.05, 4.69) is 5.32 Å². The average molecular weight is 258 g/mol. The first kappa shape index (κ1) is 13.2. The Bertz CT molecular complexity index is 584.